The summed E-state index contributed by atoms with van der Waals surface area (Å²) in [5, 5.41) is 5.76. The fraction of sp³-hybridized carbons (Fsp3) is 0.292. The molecule has 32 heavy (non-hydrogen) atoms. The Balaban J connectivity index is 1.67. The molecule has 1 N–H and O–H groups in total. The second kappa shape index (κ2) is 9.15. The lowest BCUT2D eigenvalue weighted by atomic mass is 10.0. The lowest BCUT2D eigenvalue weighted by Crippen LogP contribution is -2.23. The number of benzene rings is 2. The largest absolute Gasteiger partial charge is 0.327 e. The number of rotatable bonds is 8. The van der Waals surface area contributed by atoms with E-state index in [2.05, 4.69) is 65.5 Å². The Hall–Kier alpha value is -2.52. The van der Waals surface area contributed by atoms with Crippen LogP contribution in [0.25, 0.3) is 11.0 Å². The van der Waals surface area contributed by atoms with Crippen LogP contribution in [0.3, 0.4) is 0 Å². The van der Waals surface area contributed by atoms with Crippen molar-refractivity contribution in [1.82, 2.24) is 19.2 Å². The molecule has 2 heterocycles. The molecule has 1 atom stereocenters. The van der Waals surface area contributed by atoms with Gasteiger partial charge in [0.25, 0.3) is 0 Å². The van der Waals surface area contributed by atoms with Crippen LogP contribution in [0.15, 0.2) is 64.9 Å². The van der Waals surface area contributed by atoms with Crippen LogP contribution >= 0.6 is 11.3 Å². The maximum atomic E-state index is 12.5. The Morgan fingerprint density at radius 1 is 1.12 bits per heavy atom. The van der Waals surface area contributed by atoms with E-state index in [1.165, 1.54) is 34.4 Å². The Morgan fingerprint density at radius 2 is 1.88 bits per heavy atom. The first kappa shape index (κ1) is 22.7. The van der Waals surface area contributed by atoms with Crippen molar-refractivity contribution in [3.63, 3.8) is 0 Å². The van der Waals surface area contributed by atoms with Crippen LogP contribution in [0.5, 0.6) is 0 Å². The van der Waals surface area contributed by atoms with E-state index in [0.29, 0.717) is 12.1 Å². The summed E-state index contributed by atoms with van der Waals surface area (Å²) in [6.07, 6.45) is 0. The molecule has 0 aliphatic heterocycles. The minimum atomic E-state index is -3.50. The number of aryl methyl sites for hydroxylation is 2. The maximum absolute atomic E-state index is 12.5. The highest BCUT2D eigenvalue weighted by molar-refractivity contribution is 7.89. The van der Waals surface area contributed by atoms with Crippen LogP contribution in [0.1, 0.15) is 34.8 Å². The molecule has 0 saturated heterocycles. The van der Waals surface area contributed by atoms with Gasteiger partial charge in [0.05, 0.1) is 28.5 Å². The summed E-state index contributed by atoms with van der Waals surface area (Å²) in [5.41, 5.74) is 4.06. The predicted octanol–water partition coefficient (Wildman–Crippen LogP) is 4.56. The van der Waals surface area contributed by atoms with E-state index in [4.69, 9.17) is 4.98 Å². The summed E-state index contributed by atoms with van der Waals surface area (Å²) >= 11 is 1.73. The van der Waals surface area contributed by atoms with Crippen molar-refractivity contribution in [2.45, 2.75) is 37.9 Å². The molecule has 0 amide bonds. The number of nitrogens with one attached hydrogen (secondary N) is 1. The number of hydrogen-bond donors (Lipinski definition) is 1. The first-order chi connectivity index (χ1) is 15.3. The van der Waals surface area contributed by atoms with Crippen molar-refractivity contribution >= 4 is 32.4 Å². The molecule has 0 aliphatic rings. The minimum Gasteiger partial charge on any atom is -0.327 e. The van der Waals surface area contributed by atoms with E-state index in [1.807, 2.05) is 6.07 Å². The van der Waals surface area contributed by atoms with Crippen molar-refractivity contribution in [2.24, 2.45) is 0 Å². The number of aromatic nitrogens is 2. The molecular formula is C24H28N4O2S2. The predicted molar refractivity (Wildman–Crippen MR) is 130 cm³/mol. The number of nitrogens with zero attached hydrogens (tertiary/aromatic N) is 3. The van der Waals surface area contributed by atoms with Gasteiger partial charge in [0.1, 0.15) is 5.82 Å². The molecule has 8 heteroatoms. The second-order valence-electron chi connectivity index (χ2n) is 7.95. The average molecular weight is 469 g/mol. The zero-order valence-electron chi connectivity index (χ0n) is 18.7. The Labute approximate surface area is 193 Å². The van der Waals surface area contributed by atoms with Crippen molar-refractivity contribution in [3.05, 3.63) is 81.8 Å². The first-order valence-corrected chi connectivity index (χ1v) is 12.9. The van der Waals surface area contributed by atoms with Crippen molar-refractivity contribution < 1.29 is 8.42 Å². The van der Waals surface area contributed by atoms with Crippen LogP contribution in [-0.4, -0.2) is 36.4 Å². The Kier molecular flexibility index (Phi) is 6.48. The van der Waals surface area contributed by atoms with Gasteiger partial charge in [-0.3, -0.25) is 5.32 Å². The summed E-state index contributed by atoms with van der Waals surface area (Å²) in [5.74, 6) is 0.885. The highest BCUT2D eigenvalue weighted by Crippen LogP contribution is 2.28. The molecule has 0 bridgehead atoms. The highest BCUT2D eigenvalue weighted by atomic mass is 32.2. The van der Waals surface area contributed by atoms with Gasteiger partial charge in [0, 0.05) is 25.5 Å². The number of thiophene rings is 1. The molecule has 0 aliphatic carbocycles. The SMILES string of the molecule is CCn1c(CN[C@@H](c2ccc(C)cc2)c2cccs2)nc2cc(S(=O)(=O)N(C)C)ccc21. The fourth-order valence-electron chi connectivity index (χ4n) is 3.81. The Morgan fingerprint density at radius 3 is 2.50 bits per heavy atom. The van der Waals surface area contributed by atoms with Crippen molar-refractivity contribution in [1.29, 1.82) is 0 Å². The standard InChI is InChI=1S/C24H28N4O2S2/c1-5-28-21-13-12-19(32(29,30)27(3)4)15-20(21)26-23(28)16-25-24(22-7-6-14-31-22)18-10-8-17(2)9-11-18/h6-15,24-25H,5,16H2,1-4H3/t24-/m0/s1. The summed E-state index contributed by atoms with van der Waals surface area (Å²) in [6.45, 7) is 5.48. The number of imidazole rings is 1. The second-order valence-corrected chi connectivity index (χ2v) is 11.1. The van der Waals surface area contributed by atoms with Gasteiger partial charge >= 0.3 is 0 Å². The van der Waals surface area contributed by atoms with E-state index in [1.54, 1.807) is 23.5 Å². The number of hydrogen-bond acceptors (Lipinski definition) is 5. The molecule has 2 aromatic heterocycles. The molecule has 0 radical (unpaired) electrons. The molecule has 0 fully saturated rings. The number of sulfonamides is 1. The average Bonchev–Trinajstić information content (AvgIpc) is 3.42. The molecule has 0 unspecified atom stereocenters. The lowest BCUT2D eigenvalue weighted by Gasteiger charge is -2.18. The molecule has 4 rings (SSSR count). The third-order valence-electron chi connectivity index (χ3n) is 5.60. The van der Waals surface area contributed by atoms with Gasteiger partial charge in [-0.15, -0.1) is 11.3 Å². The molecule has 168 valence electrons. The van der Waals surface area contributed by atoms with E-state index in [-0.39, 0.29) is 10.9 Å². The third kappa shape index (κ3) is 4.36. The van der Waals surface area contributed by atoms with Gasteiger partial charge in [0.15, 0.2) is 0 Å². The quantitative estimate of drug-likeness (QED) is 0.412. The fourth-order valence-corrected chi connectivity index (χ4v) is 5.56. The zero-order valence-corrected chi connectivity index (χ0v) is 20.4. The summed E-state index contributed by atoms with van der Waals surface area (Å²) < 4.78 is 28.4. The minimum absolute atomic E-state index is 0.0606. The van der Waals surface area contributed by atoms with E-state index in [0.717, 1.165) is 17.9 Å². The van der Waals surface area contributed by atoms with Gasteiger partial charge in [-0.1, -0.05) is 35.9 Å². The lowest BCUT2D eigenvalue weighted by molar-refractivity contribution is 0.521. The Bertz CT molecular complexity index is 1310. The molecule has 2 aromatic carbocycles. The van der Waals surface area contributed by atoms with Crippen LogP contribution in [0.4, 0.5) is 0 Å². The van der Waals surface area contributed by atoms with Gasteiger partial charge in [-0.05, 0) is 49.1 Å². The summed E-state index contributed by atoms with van der Waals surface area (Å²) in [7, 11) is -0.430. The smallest absolute Gasteiger partial charge is 0.242 e. The van der Waals surface area contributed by atoms with E-state index in [9.17, 15) is 8.42 Å². The van der Waals surface area contributed by atoms with E-state index < -0.39 is 10.0 Å². The zero-order chi connectivity index (χ0) is 22.9. The molecule has 4 aromatic rings. The van der Waals surface area contributed by atoms with Gasteiger partial charge in [-0.25, -0.2) is 17.7 Å². The summed E-state index contributed by atoms with van der Waals surface area (Å²) in [4.78, 5) is 6.30. The normalized spacial score (nSPS) is 13.2. The van der Waals surface area contributed by atoms with Crippen molar-refractivity contribution in [3.8, 4) is 0 Å². The van der Waals surface area contributed by atoms with Crippen LogP contribution in [0.2, 0.25) is 0 Å². The van der Waals surface area contributed by atoms with Crippen molar-refractivity contribution in [2.75, 3.05) is 14.1 Å². The van der Waals surface area contributed by atoms with Crippen LogP contribution < -0.4 is 5.32 Å². The van der Waals surface area contributed by atoms with Gasteiger partial charge in [-0.2, -0.15) is 0 Å². The summed E-state index contributed by atoms with van der Waals surface area (Å²) in [6, 6.07) is 18.0. The topological polar surface area (TPSA) is 67.2 Å². The maximum Gasteiger partial charge on any atom is 0.242 e. The van der Waals surface area contributed by atoms with Gasteiger partial charge in [0.2, 0.25) is 10.0 Å². The molecule has 0 spiro atoms. The monoisotopic (exact) mass is 468 g/mol. The van der Waals surface area contributed by atoms with Crippen LogP contribution in [0, 0.1) is 6.92 Å². The molecular weight excluding hydrogens is 440 g/mol. The van der Waals surface area contributed by atoms with Crippen LogP contribution in [-0.2, 0) is 23.1 Å². The first-order valence-electron chi connectivity index (χ1n) is 10.6. The van der Waals surface area contributed by atoms with Gasteiger partial charge < -0.3 is 4.57 Å². The number of fused-ring (bicyclic) bond motifs is 1. The third-order valence-corrected chi connectivity index (χ3v) is 8.34. The molecule has 0 saturated carbocycles. The van der Waals surface area contributed by atoms with E-state index >= 15 is 0 Å². The highest BCUT2D eigenvalue weighted by Gasteiger charge is 2.20. The molecule has 6 nitrogen and oxygen atoms in total.